The van der Waals surface area contributed by atoms with E-state index in [4.69, 9.17) is 4.98 Å². The molecule has 0 bridgehead atoms. The van der Waals surface area contributed by atoms with Gasteiger partial charge < -0.3 is 9.13 Å². The van der Waals surface area contributed by atoms with Crippen LogP contribution >= 0.6 is 0 Å². The number of benzene rings is 7. The lowest BCUT2D eigenvalue weighted by molar-refractivity contribution is 1.16. The van der Waals surface area contributed by atoms with Crippen molar-refractivity contribution < 1.29 is 0 Å². The molecule has 0 fully saturated rings. The Morgan fingerprint density at radius 3 is 1.32 bits per heavy atom. The molecule has 0 aliphatic carbocycles. The van der Waals surface area contributed by atoms with Gasteiger partial charge in [0.15, 0.2) is 0 Å². The molecule has 0 atom stereocenters. The maximum Gasteiger partial charge on any atom is 0.0715 e. The highest BCUT2D eigenvalue weighted by Crippen LogP contribution is 2.40. The van der Waals surface area contributed by atoms with Crippen LogP contribution in [0.25, 0.3) is 88.6 Å². The van der Waals surface area contributed by atoms with Crippen LogP contribution in [-0.4, -0.2) is 14.1 Å². The topological polar surface area (TPSA) is 22.8 Å². The van der Waals surface area contributed by atoms with Crippen molar-refractivity contribution in [1.82, 2.24) is 14.1 Å². The Morgan fingerprint density at radius 2 is 0.740 bits per heavy atom. The molecule has 0 aliphatic rings. The van der Waals surface area contributed by atoms with Gasteiger partial charge in [0.05, 0.1) is 33.5 Å². The Kier molecular flexibility index (Phi) is 6.49. The summed E-state index contributed by atoms with van der Waals surface area (Å²) < 4.78 is 4.83. The first kappa shape index (κ1) is 28.3. The van der Waals surface area contributed by atoms with Crippen LogP contribution in [0.1, 0.15) is 0 Å². The summed E-state index contributed by atoms with van der Waals surface area (Å²) in [4.78, 5) is 5.13. The lowest BCUT2D eigenvalue weighted by Gasteiger charge is -2.13. The largest absolute Gasteiger partial charge is 0.309 e. The number of para-hydroxylation sites is 3. The average molecular weight is 638 g/mol. The minimum Gasteiger partial charge on any atom is -0.309 e. The van der Waals surface area contributed by atoms with E-state index in [0.29, 0.717) is 0 Å². The van der Waals surface area contributed by atoms with Crippen LogP contribution in [0.4, 0.5) is 0 Å². The van der Waals surface area contributed by atoms with E-state index in [9.17, 15) is 0 Å². The van der Waals surface area contributed by atoms with Crippen molar-refractivity contribution in [1.29, 1.82) is 0 Å². The van der Waals surface area contributed by atoms with E-state index in [-0.39, 0.29) is 0 Å². The van der Waals surface area contributed by atoms with Crippen LogP contribution in [0.2, 0.25) is 0 Å². The molecule has 3 nitrogen and oxygen atoms in total. The molecule has 0 amide bonds. The molecule has 3 heteroatoms. The molecule has 0 aliphatic heterocycles. The molecule has 234 valence electrons. The van der Waals surface area contributed by atoms with Gasteiger partial charge >= 0.3 is 0 Å². The van der Waals surface area contributed by atoms with E-state index >= 15 is 0 Å². The summed E-state index contributed by atoms with van der Waals surface area (Å²) in [5, 5.41) is 5.00. The van der Waals surface area contributed by atoms with Crippen LogP contribution in [0.5, 0.6) is 0 Å². The highest BCUT2D eigenvalue weighted by Gasteiger charge is 2.19. The number of fused-ring (bicyclic) bond motifs is 6. The van der Waals surface area contributed by atoms with E-state index in [1.807, 2.05) is 12.1 Å². The Morgan fingerprint density at radius 1 is 0.280 bits per heavy atom. The number of hydrogen-bond acceptors (Lipinski definition) is 1. The summed E-state index contributed by atoms with van der Waals surface area (Å²) in [7, 11) is 0. The first-order valence-electron chi connectivity index (χ1n) is 17.1. The van der Waals surface area contributed by atoms with Crippen LogP contribution in [0.3, 0.4) is 0 Å². The van der Waals surface area contributed by atoms with Gasteiger partial charge in [-0.2, -0.15) is 0 Å². The summed E-state index contributed by atoms with van der Waals surface area (Å²) in [5.41, 5.74) is 13.4. The third kappa shape index (κ3) is 4.56. The summed E-state index contributed by atoms with van der Waals surface area (Å²) in [6, 6.07) is 67.3. The fraction of sp³-hybridized carbons (Fsp3) is 0. The van der Waals surface area contributed by atoms with Gasteiger partial charge in [-0.3, -0.25) is 0 Å². The molecular formula is C47H31N3. The van der Waals surface area contributed by atoms with Crippen molar-refractivity contribution in [2.24, 2.45) is 0 Å². The van der Waals surface area contributed by atoms with E-state index in [0.717, 1.165) is 45.0 Å². The van der Waals surface area contributed by atoms with Crippen molar-refractivity contribution in [2.75, 3.05) is 0 Å². The SMILES string of the molecule is c1ccc(-c2cc(-c3cccc(-n4c5ccccc5c5cc6c7ccccc7n(-c7ccccc7)c6cc54)c3)cc(-c3ccccc3)n2)cc1. The zero-order chi connectivity index (χ0) is 33.0. The number of nitrogens with zero attached hydrogens (tertiary/aromatic N) is 3. The van der Waals surface area contributed by atoms with Gasteiger partial charge in [-0.1, -0.05) is 127 Å². The molecule has 0 saturated carbocycles. The Bertz CT molecular complexity index is 2790. The summed E-state index contributed by atoms with van der Waals surface area (Å²) >= 11 is 0. The molecule has 0 spiro atoms. The lowest BCUT2D eigenvalue weighted by atomic mass is 9.99. The maximum absolute atomic E-state index is 5.13. The predicted octanol–water partition coefficient (Wildman–Crippen LogP) is 12.3. The van der Waals surface area contributed by atoms with Crippen molar-refractivity contribution in [3.8, 4) is 45.0 Å². The quantitative estimate of drug-likeness (QED) is 0.184. The standard InChI is InChI=1S/C47H31N3/c1-4-15-32(16-5-1)42-28-35(29-43(48-42)33-17-6-2-7-18-33)34-19-14-22-37(27-34)50-45-26-13-11-24-39(45)41-30-40-38-23-10-12-25-44(38)49(46(40)31-47(41)50)36-20-8-3-9-21-36/h1-31H. The Labute approximate surface area is 290 Å². The minimum absolute atomic E-state index is 0.959. The summed E-state index contributed by atoms with van der Waals surface area (Å²) in [5.74, 6) is 0. The Balaban J connectivity index is 1.22. The molecular weight excluding hydrogens is 607 g/mol. The number of rotatable bonds is 5. The second-order valence-corrected chi connectivity index (χ2v) is 12.8. The molecule has 7 aromatic carbocycles. The van der Waals surface area contributed by atoms with Crippen LogP contribution in [-0.2, 0) is 0 Å². The van der Waals surface area contributed by atoms with E-state index in [1.165, 1.54) is 43.6 Å². The third-order valence-corrected chi connectivity index (χ3v) is 9.88. The molecule has 3 heterocycles. The normalized spacial score (nSPS) is 11.6. The van der Waals surface area contributed by atoms with Gasteiger partial charge in [0.25, 0.3) is 0 Å². The number of aromatic nitrogens is 3. The third-order valence-electron chi connectivity index (χ3n) is 9.88. The minimum atomic E-state index is 0.959. The van der Waals surface area contributed by atoms with E-state index in [1.54, 1.807) is 0 Å². The summed E-state index contributed by atoms with van der Waals surface area (Å²) in [6.45, 7) is 0. The van der Waals surface area contributed by atoms with Gasteiger partial charge in [-0.05, 0) is 71.8 Å². The molecule has 50 heavy (non-hydrogen) atoms. The van der Waals surface area contributed by atoms with Crippen molar-refractivity contribution >= 4 is 43.6 Å². The molecule has 0 radical (unpaired) electrons. The fourth-order valence-electron chi connectivity index (χ4n) is 7.60. The van der Waals surface area contributed by atoms with Crippen molar-refractivity contribution in [3.05, 3.63) is 188 Å². The first-order chi connectivity index (χ1) is 24.8. The molecule has 0 saturated heterocycles. The molecule has 0 unspecified atom stereocenters. The smallest absolute Gasteiger partial charge is 0.0715 e. The molecule has 10 aromatic rings. The van der Waals surface area contributed by atoms with E-state index < -0.39 is 0 Å². The monoisotopic (exact) mass is 637 g/mol. The maximum atomic E-state index is 5.13. The first-order valence-corrected chi connectivity index (χ1v) is 17.1. The molecule has 0 N–H and O–H groups in total. The lowest BCUT2D eigenvalue weighted by Crippen LogP contribution is -1.96. The number of hydrogen-bond donors (Lipinski definition) is 0. The zero-order valence-corrected chi connectivity index (χ0v) is 27.2. The van der Waals surface area contributed by atoms with E-state index in [2.05, 4.69) is 185 Å². The summed E-state index contributed by atoms with van der Waals surface area (Å²) in [6.07, 6.45) is 0. The van der Waals surface area contributed by atoms with Gasteiger partial charge in [0, 0.05) is 44.0 Å². The van der Waals surface area contributed by atoms with Gasteiger partial charge in [0.1, 0.15) is 0 Å². The predicted molar refractivity (Wildman–Crippen MR) is 209 cm³/mol. The average Bonchev–Trinajstić information content (AvgIpc) is 3.70. The highest BCUT2D eigenvalue weighted by atomic mass is 15.0. The van der Waals surface area contributed by atoms with Gasteiger partial charge in [-0.15, -0.1) is 0 Å². The Hall–Kier alpha value is -6.71. The highest BCUT2D eigenvalue weighted by molar-refractivity contribution is 6.19. The second-order valence-electron chi connectivity index (χ2n) is 12.8. The second kappa shape index (κ2) is 11.5. The molecule has 10 rings (SSSR count). The zero-order valence-electron chi connectivity index (χ0n) is 27.2. The van der Waals surface area contributed by atoms with Gasteiger partial charge in [0.2, 0.25) is 0 Å². The van der Waals surface area contributed by atoms with Crippen LogP contribution in [0.15, 0.2) is 188 Å². The molecule has 3 aromatic heterocycles. The van der Waals surface area contributed by atoms with Crippen LogP contribution in [0, 0.1) is 0 Å². The van der Waals surface area contributed by atoms with Crippen molar-refractivity contribution in [3.63, 3.8) is 0 Å². The number of pyridine rings is 1. The fourth-order valence-corrected chi connectivity index (χ4v) is 7.60. The van der Waals surface area contributed by atoms with Crippen LogP contribution < -0.4 is 0 Å². The van der Waals surface area contributed by atoms with Crippen molar-refractivity contribution in [2.45, 2.75) is 0 Å². The van der Waals surface area contributed by atoms with Gasteiger partial charge in [-0.25, -0.2) is 4.98 Å².